The number of carbonyl (C=O) groups excluding carboxylic acids is 1. The first-order valence-corrected chi connectivity index (χ1v) is 12.7. The van der Waals surface area contributed by atoms with Crippen LogP contribution in [0.15, 0.2) is 72.9 Å². The number of hydrogen-bond donors (Lipinski definition) is 1. The molecule has 0 spiro atoms. The fraction of sp³-hybridized carbons (Fsp3) is 0.310. The number of hydrogen-bond acceptors (Lipinski definition) is 2. The second-order valence-electron chi connectivity index (χ2n) is 9.80. The van der Waals surface area contributed by atoms with E-state index in [4.69, 9.17) is 5.10 Å². The zero-order chi connectivity index (χ0) is 24.6. The van der Waals surface area contributed by atoms with Crippen molar-refractivity contribution in [2.75, 3.05) is 0 Å². The first-order chi connectivity index (χ1) is 17.6. The fourth-order valence-electron chi connectivity index (χ4n) is 5.65. The zero-order valence-corrected chi connectivity index (χ0v) is 20.4. The molecule has 0 saturated heterocycles. The number of urea groups is 1. The molecule has 2 amide bonds. The lowest BCUT2D eigenvalue weighted by molar-refractivity contribution is 0.173. The molecule has 1 saturated carbocycles. The smallest absolute Gasteiger partial charge is 0.318 e. The largest absolute Gasteiger partial charge is 0.335 e. The van der Waals surface area contributed by atoms with E-state index in [1.165, 1.54) is 18.6 Å². The van der Waals surface area contributed by atoms with Gasteiger partial charge in [-0.1, -0.05) is 49.6 Å². The molecule has 4 aromatic rings. The molecule has 7 heteroatoms. The molecule has 1 fully saturated rings. The number of aryl methyl sites for hydroxylation is 1. The van der Waals surface area contributed by atoms with Gasteiger partial charge in [-0.3, -0.25) is 0 Å². The molecular weight excluding hydrogens is 453 g/mol. The maximum atomic E-state index is 13.9. The van der Waals surface area contributed by atoms with Gasteiger partial charge < -0.3 is 14.8 Å². The van der Waals surface area contributed by atoms with Gasteiger partial charge in [0.2, 0.25) is 0 Å². The Morgan fingerprint density at radius 2 is 1.72 bits per heavy atom. The summed E-state index contributed by atoms with van der Waals surface area (Å²) in [5.74, 6) is 0.638. The molecule has 184 valence electrons. The van der Waals surface area contributed by atoms with Gasteiger partial charge in [0, 0.05) is 17.8 Å². The van der Waals surface area contributed by atoms with E-state index in [9.17, 15) is 9.18 Å². The molecule has 36 heavy (non-hydrogen) atoms. The van der Waals surface area contributed by atoms with Crippen molar-refractivity contribution in [3.05, 3.63) is 101 Å². The van der Waals surface area contributed by atoms with E-state index in [-0.39, 0.29) is 23.9 Å². The van der Waals surface area contributed by atoms with Crippen LogP contribution in [-0.4, -0.2) is 31.3 Å². The second-order valence-corrected chi connectivity index (χ2v) is 9.80. The summed E-state index contributed by atoms with van der Waals surface area (Å²) in [6.45, 7) is 2.40. The molecule has 2 aliphatic rings. The molecule has 0 radical (unpaired) electrons. The van der Waals surface area contributed by atoms with Crippen molar-refractivity contribution in [3.8, 4) is 11.5 Å². The lowest BCUT2D eigenvalue weighted by Gasteiger charge is -2.33. The third kappa shape index (κ3) is 3.98. The van der Waals surface area contributed by atoms with Gasteiger partial charge in [-0.25, -0.2) is 13.9 Å². The summed E-state index contributed by atoms with van der Waals surface area (Å²) in [5, 5.41) is 8.21. The number of fused-ring (bicyclic) bond motifs is 3. The fourth-order valence-corrected chi connectivity index (χ4v) is 5.65. The number of benzene rings is 2. The molecular formula is C29H30FN5O. The van der Waals surface area contributed by atoms with Crippen LogP contribution in [0.3, 0.4) is 0 Å². The number of nitrogens with zero attached hydrogens (tertiary/aromatic N) is 4. The number of amides is 2. The summed E-state index contributed by atoms with van der Waals surface area (Å²) < 4.78 is 18.0. The number of para-hydroxylation sites is 1. The Bertz CT molecular complexity index is 1370. The van der Waals surface area contributed by atoms with Gasteiger partial charge in [-0.2, -0.15) is 5.10 Å². The van der Waals surface area contributed by atoms with Crippen molar-refractivity contribution in [3.63, 3.8) is 0 Å². The molecule has 1 aliphatic heterocycles. The third-order valence-electron chi connectivity index (χ3n) is 7.47. The zero-order valence-electron chi connectivity index (χ0n) is 20.4. The number of rotatable bonds is 3. The quantitative estimate of drug-likeness (QED) is 0.385. The predicted molar refractivity (Wildman–Crippen MR) is 137 cm³/mol. The Hall–Kier alpha value is -3.87. The van der Waals surface area contributed by atoms with Gasteiger partial charge in [0.25, 0.3) is 0 Å². The Morgan fingerprint density at radius 3 is 2.47 bits per heavy atom. The van der Waals surface area contributed by atoms with Crippen LogP contribution in [-0.2, 0) is 6.54 Å². The first-order valence-electron chi connectivity index (χ1n) is 12.7. The van der Waals surface area contributed by atoms with E-state index in [0.29, 0.717) is 6.54 Å². The Morgan fingerprint density at radius 1 is 0.972 bits per heavy atom. The highest BCUT2D eigenvalue weighted by atomic mass is 19.1. The number of nitrogens with one attached hydrogen (secondary N) is 1. The summed E-state index contributed by atoms with van der Waals surface area (Å²) in [7, 11) is 0. The van der Waals surface area contributed by atoms with Crippen LogP contribution in [0, 0.1) is 12.7 Å². The maximum Gasteiger partial charge on any atom is 0.318 e. The van der Waals surface area contributed by atoms with Crippen LogP contribution in [0.25, 0.3) is 11.5 Å². The van der Waals surface area contributed by atoms with Crippen LogP contribution in [0.5, 0.6) is 0 Å². The molecule has 0 unspecified atom stereocenters. The van der Waals surface area contributed by atoms with E-state index in [2.05, 4.69) is 9.88 Å². The van der Waals surface area contributed by atoms with Gasteiger partial charge >= 0.3 is 6.03 Å². The highest BCUT2D eigenvalue weighted by Gasteiger charge is 2.36. The second kappa shape index (κ2) is 9.30. The summed E-state index contributed by atoms with van der Waals surface area (Å²) in [5.41, 5.74) is 4.65. The number of carbonyl (C=O) groups is 1. The lowest BCUT2D eigenvalue weighted by Crippen LogP contribution is -2.46. The average molecular weight is 484 g/mol. The summed E-state index contributed by atoms with van der Waals surface area (Å²) in [6, 6.07) is 20.3. The first kappa shape index (κ1) is 22.6. The lowest BCUT2D eigenvalue weighted by atomic mass is 9.95. The van der Waals surface area contributed by atoms with Crippen molar-refractivity contribution in [1.82, 2.24) is 24.6 Å². The van der Waals surface area contributed by atoms with E-state index in [0.717, 1.165) is 59.7 Å². The van der Waals surface area contributed by atoms with Gasteiger partial charge in [0.15, 0.2) is 0 Å². The minimum atomic E-state index is -0.375. The average Bonchev–Trinajstić information content (AvgIpc) is 3.46. The summed E-state index contributed by atoms with van der Waals surface area (Å²) in [6.07, 6.45) is 7.54. The molecule has 6 nitrogen and oxygen atoms in total. The van der Waals surface area contributed by atoms with Crippen LogP contribution >= 0.6 is 0 Å². The molecule has 0 bridgehead atoms. The van der Waals surface area contributed by atoms with Gasteiger partial charge in [0.05, 0.1) is 29.7 Å². The normalized spacial score (nSPS) is 17.8. The molecule has 2 aromatic heterocycles. The Kier molecular flexibility index (Phi) is 5.83. The molecule has 3 heterocycles. The molecule has 1 N–H and O–H groups in total. The van der Waals surface area contributed by atoms with Crippen LogP contribution in [0.2, 0.25) is 0 Å². The molecule has 1 aliphatic carbocycles. The van der Waals surface area contributed by atoms with E-state index >= 15 is 0 Å². The summed E-state index contributed by atoms with van der Waals surface area (Å²) in [4.78, 5) is 15.8. The van der Waals surface area contributed by atoms with E-state index in [1.807, 2.05) is 65.2 Å². The van der Waals surface area contributed by atoms with Gasteiger partial charge in [-0.15, -0.1) is 0 Å². The van der Waals surface area contributed by atoms with Gasteiger partial charge in [0.1, 0.15) is 11.6 Å². The minimum absolute atomic E-state index is 0.0938. The Balaban J connectivity index is 1.50. The molecule has 1 atom stereocenters. The van der Waals surface area contributed by atoms with E-state index in [1.54, 1.807) is 12.1 Å². The predicted octanol–water partition coefficient (Wildman–Crippen LogP) is 6.06. The molecule has 6 rings (SSSR count). The highest BCUT2D eigenvalue weighted by Crippen LogP contribution is 2.38. The van der Waals surface area contributed by atoms with Gasteiger partial charge in [-0.05, 0) is 61.7 Å². The molecule has 2 aromatic carbocycles. The summed E-state index contributed by atoms with van der Waals surface area (Å²) >= 11 is 0. The van der Waals surface area contributed by atoms with Crippen LogP contribution in [0.1, 0.15) is 60.7 Å². The van der Waals surface area contributed by atoms with E-state index < -0.39 is 0 Å². The van der Waals surface area contributed by atoms with Crippen LogP contribution in [0.4, 0.5) is 9.18 Å². The van der Waals surface area contributed by atoms with Crippen molar-refractivity contribution in [2.24, 2.45) is 0 Å². The number of halogens is 1. The topological polar surface area (TPSA) is 55.1 Å². The van der Waals surface area contributed by atoms with Crippen LogP contribution < -0.4 is 5.32 Å². The highest BCUT2D eigenvalue weighted by molar-refractivity contribution is 5.76. The number of aromatic nitrogens is 3. The maximum absolute atomic E-state index is 13.9. The van der Waals surface area contributed by atoms with Crippen molar-refractivity contribution in [1.29, 1.82) is 0 Å². The Labute approximate surface area is 210 Å². The van der Waals surface area contributed by atoms with Crippen molar-refractivity contribution >= 4 is 6.03 Å². The monoisotopic (exact) mass is 483 g/mol. The van der Waals surface area contributed by atoms with Crippen molar-refractivity contribution in [2.45, 2.75) is 57.7 Å². The SMILES string of the molecule is Cc1nn(-c2ccccc2)c2c1CN(C(=O)NC1CCCCC1)[C@H](c1ccc(F)cc1)c1cccn1-2. The standard InChI is InChI=1S/C29H30FN5O/c1-20-25-19-34(29(36)31-23-9-4-2-5-10-23)27(21-14-16-22(30)17-15-21)26-13-8-18-33(26)28(25)35(32-20)24-11-6-3-7-12-24/h3,6-8,11-18,23,27H,2,4-5,9-10,19H2,1H3,(H,31,36)/t27-/m1/s1. The van der Waals surface area contributed by atoms with Crippen molar-refractivity contribution < 1.29 is 9.18 Å². The minimum Gasteiger partial charge on any atom is -0.335 e. The third-order valence-corrected chi connectivity index (χ3v) is 7.47.